The van der Waals surface area contributed by atoms with Crippen molar-refractivity contribution >= 4 is 21.6 Å². The minimum atomic E-state index is 0.955. The van der Waals surface area contributed by atoms with Gasteiger partial charge in [-0.25, -0.2) is 0 Å². The van der Waals surface area contributed by atoms with Crippen molar-refractivity contribution in [1.82, 2.24) is 0 Å². The predicted octanol–water partition coefficient (Wildman–Crippen LogP) is 3.14. The molecule has 0 aliphatic carbocycles. The molecule has 0 saturated carbocycles. The molecule has 0 amide bonds. The molecular weight excluding hydrogens is 148 g/mol. The van der Waals surface area contributed by atoms with Crippen LogP contribution in [-0.2, 0) is 0 Å². The van der Waals surface area contributed by atoms with Gasteiger partial charge in [-0.1, -0.05) is 41.4 Å². The van der Waals surface area contributed by atoms with E-state index in [1.54, 1.807) is 0 Å². The summed E-state index contributed by atoms with van der Waals surface area (Å²) in [6, 6.07) is 0. The Labute approximate surface area is 65.6 Å². The summed E-state index contributed by atoms with van der Waals surface area (Å²) in [5.74, 6) is 1.37. The number of unbranched alkanes of at least 4 members (excludes halogenated alkanes) is 1. The molecular formula is C7H13S2. The van der Waals surface area contributed by atoms with Crippen LogP contribution in [0.5, 0.6) is 0 Å². The van der Waals surface area contributed by atoms with E-state index in [0.717, 1.165) is 11.7 Å². The average Bonchev–Trinajstić information content (AvgIpc) is 2.34. The van der Waals surface area contributed by atoms with Crippen molar-refractivity contribution < 1.29 is 0 Å². The number of hydrogen-bond acceptors (Lipinski definition) is 2. The Bertz CT molecular complexity index is 67.3. The van der Waals surface area contributed by atoms with Crippen LogP contribution in [0.2, 0.25) is 0 Å². The van der Waals surface area contributed by atoms with Crippen molar-refractivity contribution in [2.24, 2.45) is 0 Å². The average molecular weight is 161 g/mol. The van der Waals surface area contributed by atoms with E-state index in [0.29, 0.717) is 0 Å². The fourth-order valence-corrected chi connectivity index (χ4v) is 3.96. The molecule has 1 heterocycles. The third-order valence-electron chi connectivity index (χ3n) is 1.50. The van der Waals surface area contributed by atoms with Gasteiger partial charge in [0.05, 0.1) is 0 Å². The third-order valence-corrected chi connectivity index (χ3v) is 4.51. The van der Waals surface area contributed by atoms with Crippen LogP contribution in [-0.4, -0.2) is 11.0 Å². The monoisotopic (exact) mass is 161 g/mol. The van der Waals surface area contributed by atoms with Crippen molar-refractivity contribution in [1.29, 1.82) is 0 Å². The SMILES string of the molecule is [CH2]CCCC1CCSS1. The Balaban J connectivity index is 1.98. The van der Waals surface area contributed by atoms with Crippen molar-refractivity contribution in [3.8, 4) is 0 Å². The lowest BCUT2D eigenvalue weighted by atomic mass is 10.2. The Morgan fingerprint density at radius 1 is 1.56 bits per heavy atom. The number of hydrogen-bond donors (Lipinski definition) is 0. The summed E-state index contributed by atoms with van der Waals surface area (Å²) in [6.45, 7) is 3.83. The zero-order chi connectivity index (χ0) is 6.53. The lowest BCUT2D eigenvalue weighted by Gasteiger charge is -2.03. The first kappa shape index (κ1) is 7.80. The van der Waals surface area contributed by atoms with Crippen LogP contribution in [0, 0.1) is 6.92 Å². The summed E-state index contributed by atoms with van der Waals surface area (Å²) in [4.78, 5) is 0. The van der Waals surface area contributed by atoms with Gasteiger partial charge in [-0.2, -0.15) is 0 Å². The van der Waals surface area contributed by atoms with E-state index in [2.05, 4.69) is 17.7 Å². The maximum Gasteiger partial charge on any atom is 0.0159 e. The molecule has 1 unspecified atom stereocenters. The Morgan fingerprint density at radius 2 is 2.44 bits per heavy atom. The van der Waals surface area contributed by atoms with Crippen molar-refractivity contribution in [2.45, 2.75) is 30.9 Å². The second kappa shape index (κ2) is 4.51. The van der Waals surface area contributed by atoms with Gasteiger partial charge in [0, 0.05) is 11.0 Å². The first-order valence-corrected chi connectivity index (χ1v) is 5.89. The molecule has 2 heteroatoms. The molecule has 0 spiro atoms. The molecule has 1 saturated heterocycles. The van der Waals surface area contributed by atoms with Gasteiger partial charge in [0.25, 0.3) is 0 Å². The largest absolute Gasteiger partial charge is 0.0938 e. The van der Waals surface area contributed by atoms with Gasteiger partial charge in [0.1, 0.15) is 0 Å². The standard InChI is InChI=1S/C7H13S2/c1-2-3-4-7-5-6-8-9-7/h7H,1-6H2. The minimum Gasteiger partial charge on any atom is -0.0938 e. The van der Waals surface area contributed by atoms with Crippen LogP contribution in [0.1, 0.15) is 25.7 Å². The topological polar surface area (TPSA) is 0 Å². The summed E-state index contributed by atoms with van der Waals surface area (Å²) in [6.07, 6.45) is 5.25. The summed E-state index contributed by atoms with van der Waals surface area (Å²) < 4.78 is 0. The highest BCUT2D eigenvalue weighted by atomic mass is 33.1. The zero-order valence-corrected chi connectivity index (χ0v) is 7.27. The lowest BCUT2D eigenvalue weighted by Crippen LogP contribution is -1.95. The van der Waals surface area contributed by atoms with Gasteiger partial charge in [-0.05, 0) is 12.8 Å². The van der Waals surface area contributed by atoms with Crippen LogP contribution < -0.4 is 0 Å². The first-order valence-electron chi connectivity index (χ1n) is 3.51. The highest BCUT2D eigenvalue weighted by Crippen LogP contribution is 2.39. The van der Waals surface area contributed by atoms with E-state index >= 15 is 0 Å². The highest BCUT2D eigenvalue weighted by molar-refractivity contribution is 8.77. The first-order chi connectivity index (χ1) is 4.43. The Morgan fingerprint density at radius 3 is 3.00 bits per heavy atom. The zero-order valence-electron chi connectivity index (χ0n) is 5.64. The summed E-state index contributed by atoms with van der Waals surface area (Å²) >= 11 is 0. The lowest BCUT2D eigenvalue weighted by molar-refractivity contribution is 0.699. The quantitative estimate of drug-likeness (QED) is 0.583. The van der Waals surface area contributed by atoms with Gasteiger partial charge in [-0.15, -0.1) is 0 Å². The van der Waals surface area contributed by atoms with Gasteiger partial charge < -0.3 is 0 Å². The summed E-state index contributed by atoms with van der Waals surface area (Å²) in [7, 11) is 4.10. The molecule has 0 aromatic rings. The molecule has 9 heavy (non-hydrogen) atoms. The predicted molar refractivity (Wildman–Crippen MR) is 47.7 cm³/mol. The minimum absolute atomic E-state index is 0.955. The fraction of sp³-hybridized carbons (Fsp3) is 0.857. The van der Waals surface area contributed by atoms with Gasteiger partial charge in [0.15, 0.2) is 0 Å². The van der Waals surface area contributed by atoms with E-state index in [4.69, 9.17) is 0 Å². The van der Waals surface area contributed by atoms with Gasteiger partial charge >= 0.3 is 0 Å². The summed E-state index contributed by atoms with van der Waals surface area (Å²) in [5.41, 5.74) is 0. The number of rotatable bonds is 3. The molecule has 1 radical (unpaired) electrons. The molecule has 0 nitrogen and oxygen atoms in total. The van der Waals surface area contributed by atoms with Crippen molar-refractivity contribution in [3.63, 3.8) is 0 Å². The molecule has 1 atom stereocenters. The van der Waals surface area contributed by atoms with Crippen LogP contribution in [0.15, 0.2) is 0 Å². The van der Waals surface area contributed by atoms with Gasteiger partial charge in [0.2, 0.25) is 0 Å². The molecule has 0 aromatic heterocycles. The van der Waals surface area contributed by atoms with E-state index in [1.807, 2.05) is 10.8 Å². The fourth-order valence-electron chi connectivity index (χ4n) is 0.936. The third kappa shape index (κ3) is 2.85. The maximum absolute atomic E-state index is 3.83. The van der Waals surface area contributed by atoms with Crippen molar-refractivity contribution in [2.75, 3.05) is 5.75 Å². The highest BCUT2D eigenvalue weighted by Gasteiger charge is 2.14. The normalized spacial score (nSPS) is 27.0. The Kier molecular flexibility index (Phi) is 3.91. The molecule has 1 aliphatic rings. The molecule has 1 aliphatic heterocycles. The molecule has 0 N–H and O–H groups in total. The molecule has 53 valence electrons. The van der Waals surface area contributed by atoms with Crippen LogP contribution >= 0.6 is 21.6 Å². The van der Waals surface area contributed by atoms with Crippen LogP contribution in [0.3, 0.4) is 0 Å². The van der Waals surface area contributed by atoms with E-state index < -0.39 is 0 Å². The maximum atomic E-state index is 3.83. The second-order valence-electron chi connectivity index (χ2n) is 2.32. The Hall–Kier alpha value is 0.700. The van der Waals surface area contributed by atoms with E-state index in [1.165, 1.54) is 25.0 Å². The van der Waals surface area contributed by atoms with E-state index in [9.17, 15) is 0 Å². The molecule has 1 fully saturated rings. The summed E-state index contributed by atoms with van der Waals surface area (Å²) in [5, 5.41) is 0.955. The van der Waals surface area contributed by atoms with Gasteiger partial charge in [-0.3, -0.25) is 0 Å². The molecule has 0 aromatic carbocycles. The smallest absolute Gasteiger partial charge is 0.0159 e. The second-order valence-corrected chi connectivity index (χ2v) is 5.11. The van der Waals surface area contributed by atoms with E-state index in [-0.39, 0.29) is 0 Å². The van der Waals surface area contributed by atoms with Crippen molar-refractivity contribution in [3.05, 3.63) is 6.92 Å². The molecule has 0 bridgehead atoms. The molecule has 1 rings (SSSR count). The van der Waals surface area contributed by atoms with Crippen LogP contribution in [0.4, 0.5) is 0 Å². The van der Waals surface area contributed by atoms with Crippen LogP contribution in [0.25, 0.3) is 0 Å².